The first-order valence-corrected chi connectivity index (χ1v) is 8.82. The lowest BCUT2D eigenvalue weighted by molar-refractivity contribution is 0.122. The lowest BCUT2D eigenvalue weighted by Gasteiger charge is -2.27. The average Bonchev–Trinajstić information content (AvgIpc) is 2.74. The van der Waals surface area contributed by atoms with Gasteiger partial charge in [0.05, 0.1) is 24.6 Å². The molecule has 0 radical (unpaired) electrons. The molecular formula is C19H21N7O. The van der Waals surface area contributed by atoms with Gasteiger partial charge in [-0.1, -0.05) is 18.2 Å². The van der Waals surface area contributed by atoms with E-state index in [0.717, 1.165) is 41.2 Å². The molecule has 138 valence electrons. The zero-order valence-corrected chi connectivity index (χ0v) is 14.9. The van der Waals surface area contributed by atoms with E-state index in [1.165, 1.54) is 0 Å². The molecule has 8 heteroatoms. The highest BCUT2D eigenvalue weighted by Gasteiger charge is 2.17. The van der Waals surface area contributed by atoms with E-state index >= 15 is 0 Å². The number of nitrogen functional groups attached to an aromatic ring is 1. The van der Waals surface area contributed by atoms with Crippen molar-refractivity contribution in [2.75, 3.05) is 36.9 Å². The van der Waals surface area contributed by atoms with E-state index in [1.807, 2.05) is 24.3 Å². The smallest absolute Gasteiger partial charge is 0.226 e. The van der Waals surface area contributed by atoms with Gasteiger partial charge in [-0.05, 0) is 17.7 Å². The minimum atomic E-state index is 0.233. The van der Waals surface area contributed by atoms with Crippen LogP contribution >= 0.6 is 0 Å². The molecule has 4 N–H and O–H groups in total. The fourth-order valence-electron chi connectivity index (χ4n) is 2.96. The molecule has 0 saturated carbocycles. The molecule has 1 saturated heterocycles. The molecule has 0 unspecified atom stereocenters. The minimum Gasteiger partial charge on any atom is -0.378 e. The van der Waals surface area contributed by atoms with E-state index in [1.54, 1.807) is 12.4 Å². The molecule has 0 spiro atoms. The van der Waals surface area contributed by atoms with Crippen LogP contribution in [-0.4, -0.2) is 46.2 Å². The molecule has 3 aromatic rings. The predicted octanol–water partition coefficient (Wildman–Crippen LogP) is 1.48. The Labute approximate surface area is 157 Å². The first kappa shape index (κ1) is 17.3. The molecule has 1 fully saturated rings. The third-order valence-electron chi connectivity index (χ3n) is 4.43. The predicted molar refractivity (Wildman–Crippen MR) is 104 cm³/mol. The first-order valence-electron chi connectivity index (χ1n) is 8.82. The number of benzene rings is 1. The van der Waals surface area contributed by atoms with Gasteiger partial charge in [0.1, 0.15) is 0 Å². The maximum absolute atomic E-state index is 5.80. The number of nitrogens with zero attached hydrogens (tertiary/aromatic N) is 5. The van der Waals surface area contributed by atoms with Crippen LogP contribution in [0.3, 0.4) is 0 Å². The summed E-state index contributed by atoms with van der Waals surface area (Å²) in [5.74, 6) is 0.901. The molecule has 0 amide bonds. The van der Waals surface area contributed by atoms with Gasteiger partial charge in [-0.2, -0.15) is 0 Å². The summed E-state index contributed by atoms with van der Waals surface area (Å²) in [4.78, 5) is 19.8. The van der Waals surface area contributed by atoms with Gasteiger partial charge in [-0.15, -0.1) is 0 Å². The van der Waals surface area contributed by atoms with Gasteiger partial charge >= 0.3 is 0 Å². The number of hydrogen-bond donors (Lipinski definition) is 2. The normalized spacial score (nSPS) is 14.3. The fraction of sp³-hybridized carbons (Fsp3) is 0.263. The Kier molecular flexibility index (Phi) is 4.91. The van der Waals surface area contributed by atoms with Gasteiger partial charge in [0.15, 0.2) is 0 Å². The summed E-state index contributed by atoms with van der Waals surface area (Å²) >= 11 is 0. The van der Waals surface area contributed by atoms with Crippen molar-refractivity contribution >= 4 is 11.9 Å². The van der Waals surface area contributed by atoms with Gasteiger partial charge in [0, 0.05) is 43.2 Å². The summed E-state index contributed by atoms with van der Waals surface area (Å²) in [5, 5.41) is 0. The van der Waals surface area contributed by atoms with Crippen molar-refractivity contribution in [2.24, 2.45) is 5.73 Å². The summed E-state index contributed by atoms with van der Waals surface area (Å²) in [5.41, 5.74) is 15.8. The average molecular weight is 363 g/mol. The van der Waals surface area contributed by atoms with Crippen LogP contribution in [0.15, 0.2) is 42.7 Å². The van der Waals surface area contributed by atoms with Crippen molar-refractivity contribution in [1.29, 1.82) is 0 Å². The van der Waals surface area contributed by atoms with Crippen LogP contribution < -0.4 is 16.4 Å². The molecule has 1 aliphatic rings. The van der Waals surface area contributed by atoms with E-state index in [0.29, 0.717) is 25.7 Å². The highest BCUT2D eigenvalue weighted by molar-refractivity contribution is 5.69. The monoisotopic (exact) mass is 363 g/mol. The molecular weight excluding hydrogens is 342 g/mol. The first-order chi connectivity index (χ1) is 13.2. The van der Waals surface area contributed by atoms with Crippen molar-refractivity contribution in [3.63, 3.8) is 0 Å². The van der Waals surface area contributed by atoms with Crippen LogP contribution in [-0.2, 0) is 11.3 Å². The summed E-state index contributed by atoms with van der Waals surface area (Å²) in [6.07, 6.45) is 3.35. The van der Waals surface area contributed by atoms with Crippen LogP contribution in [0.25, 0.3) is 22.5 Å². The second-order valence-corrected chi connectivity index (χ2v) is 6.27. The van der Waals surface area contributed by atoms with Gasteiger partial charge in [-0.25, -0.2) is 19.9 Å². The number of nitrogens with two attached hydrogens (primary N) is 2. The third kappa shape index (κ3) is 3.86. The molecule has 4 rings (SSSR count). The number of rotatable bonds is 4. The van der Waals surface area contributed by atoms with Crippen LogP contribution in [0.2, 0.25) is 0 Å². The molecule has 0 aliphatic carbocycles. The molecule has 27 heavy (non-hydrogen) atoms. The Morgan fingerprint density at radius 1 is 0.963 bits per heavy atom. The fourth-order valence-corrected chi connectivity index (χ4v) is 2.96. The van der Waals surface area contributed by atoms with Gasteiger partial charge < -0.3 is 21.1 Å². The van der Waals surface area contributed by atoms with Crippen molar-refractivity contribution in [1.82, 2.24) is 19.9 Å². The lowest BCUT2D eigenvalue weighted by atomic mass is 10.1. The molecule has 3 heterocycles. The number of hydrogen-bond acceptors (Lipinski definition) is 8. The van der Waals surface area contributed by atoms with Crippen LogP contribution in [0.1, 0.15) is 5.56 Å². The Morgan fingerprint density at radius 3 is 2.37 bits per heavy atom. The number of morpholine rings is 1. The van der Waals surface area contributed by atoms with Gasteiger partial charge in [-0.3, -0.25) is 0 Å². The molecule has 0 atom stereocenters. The number of ether oxygens (including phenoxy) is 1. The van der Waals surface area contributed by atoms with E-state index in [9.17, 15) is 0 Å². The Morgan fingerprint density at radius 2 is 1.67 bits per heavy atom. The molecule has 8 nitrogen and oxygen atoms in total. The van der Waals surface area contributed by atoms with Crippen LogP contribution in [0, 0.1) is 0 Å². The highest BCUT2D eigenvalue weighted by atomic mass is 16.5. The lowest BCUT2D eigenvalue weighted by Crippen LogP contribution is -2.37. The van der Waals surface area contributed by atoms with Crippen LogP contribution in [0.5, 0.6) is 0 Å². The largest absolute Gasteiger partial charge is 0.378 e. The number of aromatic nitrogens is 4. The SMILES string of the molecule is NCc1cccc(-c2cc(-c3cnc(N)nc3)nc(N3CCOCC3)n2)c1. The van der Waals surface area contributed by atoms with E-state index in [4.69, 9.17) is 26.2 Å². The minimum absolute atomic E-state index is 0.233. The number of anilines is 2. The van der Waals surface area contributed by atoms with Crippen molar-refractivity contribution in [3.8, 4) is 22.5 Å². The third-order valence-corrected chi connectivity index (χ3v) is 4.43. The Hall–Kier alpha value is -3.10. The van der Waals surface area contributed by atoms with Crippen molar-refractivity contribution in [3.05, 3.63) is 48.3 Å². The highest BCUT2D eigenvalue weighted by Crippen LogP contribution is 2.27. The molecule has 1 aromatic carbocycles. The van der Waals surface area contributed by atoms with Crippen LogP contribution in [0.4, 0.5) is 11.9 Å². The second-order valence-electron chi connectivity index (χ2n) is 6.27. The second kappa shape index (κ2) is 7.65. The Balaban J connectivity index is 1.81. The van der Waals surface area contributed by atoms with E-state index in [-0.39, 0.29) is 5.95 Å². The molecule has 1 aliphatic heterocycles. The molecule has 0 bridgehead atoms. The topological polar surface area (TPSA) is 116 Å². The van der Waals surface area contributed by atoms with Crippen molar-refractivity contribution < 1.29 is 4.74 Å². The zero-order valence-electron chi connectivity index (χ0n) is 14.9. The quantitative estimate of drug-likeness (QED) is 0.716. The summed E-state index contributed by atoms with van der Waals surface area (Å²) in [6.45, 7) is 3.31. The van der Waals surface area contributed by atoms with Gasteiger partial charge in [0.2, 0.25) is 11.9 Å². The summed E-state index contributed by atoms with van der Waals surface area (Å²) < 4.78 is 5.45. The summed E-state index contributed by atoms with van der Waals surface area (Å²) in [6, 6.07) is 10.00. The van der Waals surface area contributed by atoms with E-state index in [2.05, 4.69) is 20.9 Å². The Bertz CT molecular complexity index is 924. The zero-order chi connectivity index (χ0) is 18.6. The maximum atomic E-state index is 5.80. The van der Waals surface area contributed by atoms with E-state index < -0.39 is 0 Å². The van der Waals surface area contributed by atoms with Crippen molar-refractivity contribution in [2.45, 2.75) is 6.54 Å². The molecule has 2 aromatic heterocycles. The maximum Gasteiger partial charge on any atom is 0.226 e. The van der Waals surface area contributed by atoms with Gasteiger partial charge in [0.25, 0.3) is 0 Å². The summed E-state index contributed by atoms with van der Waals surface area (Å²) in [7, 11) is 0. The standard InChI is InChI=1S/C19H21N7O/c20-10-13-2-1-3-14(8-13)16-9-17(15-11-22-18(21)23-12-15)25-19(24-16)26-4-6-27-7-5-26/h1-3,8-9,11-12H,4-7,10,20H2,(H2,21,22,23).